The summed E-state index contributed by atoms with van der Waals surface area (Å²) >= 11 is 0. The Morgan fingerprint density at radius 1 is 1.05 bits per heavy atom. The maximum absolute atomic E-state index is 4.47. The normalized spacial score (nSPS) is 21.5. The van der Waals surface area contributed by atoms with Crippen molar-refractivity contribution in [2.45, 2.75) is 86.7 Å². The highest BCUT2D eigenvalue weighted by Gasteiger charge is 2.25. The van der Waals surface area contributed by atoms with Gasteiger partial charge in [0.2, 0.25) is 0 Å². The number of nitrogens with zero attached hydrogens (tertiary/aromatic N) is 2. The molecule has 1 aliphatic carbocycles. The van der Waals surface area contributed by atoms with E-state index in [4.69, 9.17) is 0 Å². The summed E-state index contributed by atoms with van der Waals surface area (Å²) in [5.74, 6) is 0.921. The fraction of sp³-hybridized carbons (Fsp3) is 0.750. The molecule has 2 heteroatoms. The molecule has 1 aromatic heterocycles. The Morgan fingerprint density at radius 3 is 2.05 bits per heavy atom. The minimum absolute atomic E-state index is 0. The molecule has 1 aromatic rings. The molecule has 2 nitrogen and oxygen atoms in total. The average molecular weight is 309 g/mol. The van der Waals surface area contributed by atoms with Crippen molar-refractivity contribution in [2.75, 3.05) is 7.05 Å². The maximum Gasteiger partial charge on any atom is 0.0572 e. The molecule has 1 unspecified atom stereocenters. The summed E-state index contributed by atoms with van der Waals surface area (Å²) in [6.45, 7) is 12.6. The van der Waals surface area contributed by atoms with Crippen molar-refractivity contribution in [1.82, 2.24) is 9.88 Å². The third-order valence-corrected chi connectivity index (χ3v) is 4.29. The molecule has 1 atom stereocenters. The molecule has 1 saturated carbocycles. The molecule has 1 heterocycles. The van der Waals surface area contributed by atoms with Gasteiger partial charge >= 0.3 is 0 Å². The van der Waals surface area contributed by atoms with E-state index in [0.29, 0.717) is 6.04 Å². The van der Waals surface area contributed by atoms with Crippen molar-refractivity contribution in [3.8, 4) is 0 Å². The zero-order valence-electron chi connectivity index (χ0n) is 15.3. The van der Waals surface area contributed by atoms with Gasteiger partial charge in [0.05, 0.1) is 5.69 Å². The van der Waals surface area contributed by atoms with E-state index in [2.05, 4.69) is 42.9 Å². The van der Waals surface area contributed by atoms with E-state index >= 15 is 0 Å². The summed E-state index contributed by atoms with van der Waals surface area (Å²) in [4.78, 5) is 6.98. The van der Waals surface area contributed by atoms with Crippen LogP contribution in [0.2, 0.25) is 0 Å². The van der Waals surface area contributed by atoms with E-state index in [9.17, 15) is 0 Å². The third-order valence-electron chi connectivity index (χ3n) is 4.29. The lowest BCUT2D eigenvalue weighted by molar-refractivity contribution is 0.129. The molecule has 1 fully saturated rings. The van der Waals surface area contributed by atoms with Crippen LogP contribution in [0, 0.1) is 5.92 Å². The van der Waals surface area contributed by atoms with Crippen LogP contribution < -0.4 is 0 Å². The SMILES string of the molecule is C.CC.CC.CC1CCC(N(C)C(C)c2ccccn2)CC1. The predicted molar refractivity (Wildman–Crippen MR) is 101 cm³/mol. The van der Waals surface area contributed by atoms with Gasteiger partial charge in [-0.25, -0.2) is 0 Å². The standard InChI is InChI=1S/C15H24N2.2C2H6.CH4/c1-12-7-9-14(10-8-12)17(3)13(2)15-6-4-5-11-16-15;2*1-2;/h4-6,11-14H,7-10H2,1-3H3;2*1-2H3;1H4. The molecule has 22 heavy (non-hydrogen) atoms. The van der Waals surface area contributed by atoms with Crippen LogP contribution >= 0.6 is 0 Å². The number of rotatable bonds is 3. The molecule has 0 saturated heterocycles. The van der Waals surface area contributed by atoms with Crippen molar-refractivity contribution in [3.63, 3.8) is 0 Å². The van der Waals surface area contributed by atoms with Gasteiger partial charge < -0.3 is 0 Å². The molecule has 0 bridgehead atoms. The van der Waals surface area contributed by atoms with Crippen molar-refractivity contribution in [3.05, 3.63) is 30.1 Å². The molecule has 130 valence electrons. The smallest absolute Gasteiger partial charge is 0.0572 e. The molecule has 0 aliphatic heterocycles. The van der Waals surface area contributed by atoms with Crippen LogP contribution in [0.15, 0.2) is 24.4 Å². The summed E-state index contributed by atoms with van der Waals surface area (Å²) in [7, 11) is 2.25. The Morgan fingerprint density at radius 2 is 1.59 bits per heavy atom. The second kappa shape index (κ2) is 13.8. The molecule has 2 rings (SSSR count). The van der Waals surface area contributed by atoms with Crippen LogP contribution in [0.1, 0.15) is 86.4 Å². The predicted octanol–water partition coefficient (Wildman–Crippen LogP) is 6.34. The van der Waals surface area contributed by atoms with Crippen molar-refractivity contribution in [2.24, 2.45) is 5.92 Å². The van der Waals surface area contributed by atoms with Gasteiger partial charge in [0.15, 0.2) is 0 Å². The highest BCUT2D eigenvalue weighted by molar-refractivity contribution is 5.08. The Kier molecular flexibility index (Phi) is 14.6. The zero-order chi connectivity index (χ0) is 16.3. The van der Waals surface area contributed by atoms with E-state index in [1.807, 2.05) is 40.0 Å². The van der Waals surface area contributed by atoms with Crippen LogP contribution in [-0.4, -0.2) is 23.0 Å². The largest absolute Gasteiger partial charge is 0.295 e. The molecular formula is C20H40N2. The van der Waals surface area contributed by atoms with E-state index < -0.39 is 0 Å². The quantitative estimate of drug-likeness (QED) is 0.647. The molecule has 1 aliphatic rings. The van der Waals surface area contributed by atoms with Crippen LogP contribution in [0.3, 0.4) is 0 Å². The lowest BCUT2D eigenvalue weighted by Gasteiger charge is -2.37. The Bertz CT molecular complexity index is 329. The molecule has 0 N–H and O–H groups in total. The van der Waals surface area contributed by atoms with E-state index in [-0.39, 0.29) is 7.43 Å². The number of aromatic nitrogens is 1. The summed E-state index contributed by atoms with van der Waals surface area (Å²) in [6, 6.07) is 7.36. The monoisotopic (exact) mass is 308 g/mol. The Hall–Kier alpha value is -0.890. The minimum atomic E-state index is 0. The number of hydrogen-bond donors (Lipinski definition) is 0. The molecule has 0 aromatic carbocycles. The number of pyridine rings is 1. The fourth-order valence-electron chi connectivity index (χ4n) is 2.80. The highest BCUT2D eigenvalue weighted by Crippen LogP contribution is 2.30. The van der Waals surface area contributed by atoms with Crippen LogP contribution in [0.4, 0.5) is 0 Å². The first-order valence-corrected chi connectivity index (χ1v) is 8.81. The minimum Gasteiger partial charge on any atom is -0.295 e. The molecule has 0 amide bonds. The second-order valence-corrected chi connectivity index (χ2v) is 5.51. The molecule has 0 spiro atoms. The van der Waals surface area contributed by atoms with Gasteiger partial charge in [-0.15, -0.1) is 0 Å². The van der Waals surface area contributed by atoms with Gasteiger partial charge in [0.1, 0.15) is 0 Å². The van der Waals surface area contributed by atoms with E-state index in [0.717, 1.165) is 12.0 Å². The first kappa shape index (κ1) is 23.4. The lowest BCUT2D eigenvalue weighted by atomic mass is 9.86. The van der Waals surface area contributed by atoms with Crippen molar-refractivity contribution in [1.29, 1.82) is 0 Å². The zero-order valence-corrected chi connectivity index (χ0v) is 15.3. The van der Waals surface area contributed by atoms with Gasteiger partial charge in [0.25, 0.3) is 0 Å². The molecule has 0 radical (unpaired) electrons. The second-order valence-electron chi connectivity index (χ2n) is 5.51. The Balaban J connectivity index is 0. The average Bonchev–Trinajstić information content (AvgIpc) is 2.58. The summed E-state index contributed by atoms with van der Waals surface area (Å²) in [5.41, 5.74) is 1.19. The van der Waals surface area contributed by atoms with Crippen molar-refractivity contribution >= 4 is 0 Å². The lowest BCUT2D eigenvalue weighted by Crippen LogP contribution is -2.36. The van der Waals surface area contributed by atoms with Gasteiger partial charge in [-0.3, -0.25) is 9.88 Å². The first-order valence-electron chi connectivity index (χ1n) is 8.81. The van der Waals surface area contributed by atoms with Gasteiger partial charge in [-0.1, -0.05) is 48.1 Å². The van der Waals surface area contributed by atoms with Gasteiger partial charge in [-0.2, -0.15) is 0 Å². The maximum atomic E-state index is 4.47. The summed E-state index contributed by atoms with van der Waals surface area (Å²) < 4.78 is 0. The van der Waals surface area contributed by atoms with Gasteiger partial charge in [0, 0.05) is 18.3 Å². The van der Waals surface area contributed by atoms with Gasteiger partial charge in [-0.05, 0) is 57.7 Å². The molecular weight excluding hydrogens is 268 g/mol. The third kappa shape index (κ3) is 7.40. The van der Waals surface area contributed by atoms with Crippen LogP contribution in [-0.2, 0) is 0 Å². The first-order chi connectivity index (χ1) is 10.2. The highest BCUT2D eigenvalue weighted by atomic mass is 15.2. The van der Waals surface area contributed by atoms with Crippen LogP contribution in [0.5, 0.6) is 0 Å². The van der Waals surface area contributed by atoms with E-state index in [1.54, 1.807) is 0 Å². The van der Waals surface area contributed by atoms with Crippen LogP contribution in [0.25, 0.3) is 0 Å². The number of hydrogen-bond acceptors (Lipinski definition) is 2. The topological polar surface area (TPSA) is 16.1 Å². The van der Waals surface area contributed by atoms with E-state index in [1.165, 1.54) is 31.4 Å². The summed E-state index contributed by atoms with van der Waals surface area (Å²) in [6.07, 6.45) is 7.33. The Labute approximate surface area is 140 Å². The van der Waals surface area contributed by atoms with Crippen molar-refractivity contribution < 1.29 is 0 Å². The fourth-order valence-corrected chi connectivity index (χ4v) is 2.80. The summed E-state index contributed by atoms with van der Waals surface area (Å²) in [5, 5.41) is 0.